The van der Waals surface area contributed by atoms with Crippen molar-refractivity contribution in [1.29, 1.82) is 5.26 Å². The van der Waals surface area contributed by atoms with E-state index in [0.717, 1.165) is 5.56 Å². The molecule has 0 aromatic heterocycles. The third-order valence-corrected chi connectivity index (χ3v) is 1.94. The Morgan fingerprint density at radius 1 is 1.36 bits per heavy atom. The topological polar surface area (TPSA) is 35.8 Å². The predicted molar refractivity (Wildman–Crippen MR) is 53.5 cm³/mol. The predicted octanol–water partition coefficient (Wildman–Crippen LogP) is 2.01. The molecule has 0 unspecified atom stereocenters. The minimum Gasteiger partial charge on any atom is -0.313 e. The molecule has 3 heteroatoms. The van der Waals surface area contributed by atoms with Crippen molar-refractivity contribution in [1.82, 2.24) is 5.32 Å². The third kappa shape index (κ3) is 3.15. The van der Waals surface area contributed by atoms with E-state index in [1.807, 2.05) is 18.2 Å². The van der Waals surface area contributed by atoms with Crippen LogP contribution in [0.15, 0.2) is 24.3 Å². The molecule has 0 radical (unpaired) electrons. The van der Waals surface area contributed by atoms with Crippen LogP contribution in [0.25, 0.3) is 0 Å². The summed E-state index contributed by atoms with van der Waals surface area (Å²) < 4.78 is 11.8. The highest BCUT2D eigenvalue weighted by atomic mass is 19.1. The number of halogens is 1. The van der Waals surface area contributed by atoms with Crippen LogP contribution >= 0.6 is 0 Å². The van der Waals surface area contributed by atoms with E-state index in [2.05, 4.69) is 11.4 Å². The van der Waals surface area contributed by atoms with Crippen LogP contribution in [-0.4, -0.2) is 13.2 Å². The zero-order chi connectivity index (χ0) is 10.2. The van der Waals surface area contributed by atoms with Crippen LogP contribution in [0.3, 0.4) is 0 Å². The Morgan fingerprint density at radius 2 is 2.14 bits per heavy atom. The summed E-state index contributed by atoms with van der Waals surface area (Å²) in [6.45, 7) is 0.979. The van der Waals surface area contributed by atoms with Gasteiger partial charge in [-0.1, -0.05) is 18.2 Å². The molecule has 0 atom stereocenters. The smallest absolute Gasteiger partial charge is 0.0995 e. The summed E-state index contributed by atoms with van der Waals surface area (Å²) in [6, 6.07) is 9.54. The molecular formula is C11H13FN2. The van der Waals surface area contributed by atoms with Crippen molar-refractivity contribution in [2.75, 3.05) is 13.2 Å². The SMILES string of the molecule is N#Cc1ccccc1CNCCCF. The van der Waals surface area contributed by atoms with E-state index in [0.29, 0.717) is 25.1 Å². The van der Waals surface area contributed by atoms with Gasteiger partial charge in [-0.3, -0.25) is 4.39 Å². The Labute approximate surface area is 83.4 Å². The lowest BCUT2D eigenvalue weighted by molar-refractivity contribution is 0.459. The third-order valence-electron chi connectivity index (χ3n) is 1.94. The lowest BCUT2D eigenvalue weighted by Crippen LogP contribution is -2.15. The van der Waals surface area contributed by atoms with Crippen LogP contribution in [0.5, 0.6) is 0 Å². The molecule has 0 aliphatic heterocycles. The molecule has 0 amide bonds. The second kappa shape index (κ2) is 6.11. The minimum atomic E-state index is -0.299. The lowest BCUT2D eigenvalue weighted by Gasteiger charge is -2.04. The number of nitrogens with one attached hydrogen (secondary N) is 1. The van der Waals surface area contributed by atoms with E-state index in [4.69, 9.17) is 5.26 Å². The van der Waals surface area contributed by atoms with Crippen LogP contribution in [0.2, 0.25) is 0 Å². The van der Waals surface area contributed by atoms with Gasteiger partial charge >= 0.3 is 0 Å². The summed E-state index contributed by atoms with van der Waals surface area (Å²) in [5.41, 5.74) is 1.65. The molecule has 0 fully saturated rings. The summed E-state index contributed by atoms with van der Waals surface area (Å²) in [4.78, 5) is 0. The normalized spacial score (nSPS) is 9.71. The number of hydrogen-bond donors (Lipinski definition) is 1. The summed E-state index contributed by atoms with van der Waals surface area (Å²) in [7, 11) is 0. The fraction of sp³-hybridized carbons (Fsp3) is 0.364. The van der Waals surface area contributed by atoms with Gasteiger partial charge < -0.3 is 5.32 Å². The summed E-state index contributed by atoms with van der Waals surface area (Å²) in [5.74, 6) is 0. The number of alkyl halides is 1. The van der Waals surface area contributed by atoms with Crippen molar-refractivity contribution in [2.24, 2.45) is 0 Å². The van der Waals surface area contributed by atoms with E-state index in [1.54, 1.807) is 6.07 Å². The Kier molecular flexibility index (Phi) is 4.66. The molecule has 14 heavy (non-hydrogen) atoms. The van der Waals surface area contributed by atoms with Gasteiger partial charge in [0.1, 0.15) is 0 Å². The number of benzene rings is 1. The fourth-order valence-corrected chi connectivity index (χ4v) is 1.20. The Morgan fingerprint density at radius 3 is 2.86 bits per heavy atom. The number of hydrogen-bond acceptors (Lipinski definition) is 2. The first kappa shape index (κ1) is 10.7. The van der Waals surface area contributed by atoms with Gasteiger partial charge in [0, 0.05) is 6.54 Å². The van der Waals surface area contributed by atoms with Gasteiger partial charge in [-0.05, 0) is 24.6 Å². The minimum absolute atomic E-state index is 0.299. The first-order valence-electron chi connectivity index (χ1n) is 4.63. The van der Waals surface area contributed by atoms with Crippen molar-refractivity contribution in [3.8, 4) is 6.07 Å². The van der Waals surface area contributed by atoms with Crippen LogP contribution in [-0.2, 0) is 6.54 Å². The van der Waals surface area contributed by atoms with Crippen molar-refractivity contribution in [2.45, 2.75) is 13.0 Å². The zero-order valence-electron chi connectivity index (χ0n) is 7.96. The molecule has 0 aliphatic carbocycles. The molecule has 1 aromatic rings. The first-order valence-corrected chi connectivity index (χ1v) is 4.63. The Bertz CT molecular complexity index is 317. The molecule has 0 heterocycles. The van der Waals surface area contributed by atoms with Gasteiger partial charge in [-0.25, -0.2) is 0 Å². The fourth-order valence-electron chi connectivity index (χ4n) is 1.20. The van der Waals surface area contributed by atoms with Crippen molar-refractivity contribution in [3.05, 3.63) is 35.4 Å². The van der Waals surface area contributed by atoms with Gasteiger partial charge in [0.2, 0.25) is 0 Å². The van der Waals surface area contributed by atoms with Crippen LogP contribution < -0.4 is 5.32 Å². The van der Waals surface area contributed by atoms with Crippen LogP contribution in [0.4, 0.5) is 4.39 Å². The highest BCUT2D eigenvalue weighted by Gasteiger charge is 1.98. The molecule has 0 saturated carbocycles. The van der Waals surface area contributed by atoms with Crippen LogP contribution in [0, 0.1) is 11.3 Å². The van der Waals surface area contributed by atoms with Gasteiger partial charge in [-0.15, -0.1) is 0 Å². The summed E-state index contributed by atoms with van der Waals surface area (Å²) >= 11 is 0. The maximum Gasteiger partial charge on any atom is 0.0995 e. The summed E-state index contributed by atoms with van der Waals surface area (Å²) in [6.07, 6.45) is 0.523. The molecule has 2 nitrogen and oxygen atoms in total. The van der Waals surface area contributed by atoms with Gasteiger partial charge in [0.15, 0.2) is 0 Å². The molecule has 1 aromatic carbocycles. The summed E-state index contributed by atoms with van der Waals surface area (Å²) in [5, 5.41) is 11.9. The molecule has 0 bridgehead atoms. The zero-order valence-corrected chi connectivity index (χ0v) is 7.96. The first-order chi connectivity index (χ1) is 6.88. The molecule has 0 spiro atoms. The monoisotopic (exact) mass is 192 g/mol. The molecule has 0 saturated heterocycles. The van der Waals surface area contributed by atoms with E-state index in [-0.39, 0.29) is 6.67 Å². The van der Waals surface area contributed by atoms with E-state index < -0.39 is 0 Å². The molecule has 0 aliphatic rings. The maximum absolute atomic E-state index is 11.8. The van der Waals surface area contributed by atoms with Crippen molar-refractivity contribution >= 4 is 0 Å². The van der Waals surface area contributed by atoms with Gasteiger partial charge in [-0.2, -0.15) is 5.26 Å². The van der Waals surface area contributed by atoms with E-state index in [9.17, 15) is 4.39 Å². The van der Waals surface area contributed by atoms with Crippen LogP contribution in [0.1, 0.15) is 17.5 Å². The quantitative estimate of drug-likeness (QED) is 0.724. The molecule has 1 N–H and O–H groups in total. The lowest BCUT2D eigenvalue weighted by atomic mass is 10.1. The Hall–Kier alpha value is -1.40. The van der Waals surface area contributed by atoms with E-state index in [1.165, 1.54) is 0 Å². The largest absolute Gasteiger partial charge is 0.313 e. The average Bonchev–Trinajstić information content (AvgIpc) is 2.25. The average molecular weight is 192 g/mol. The number of nitriles is 1. The van der Waals surface area contributed by atoms with Gasteiger partial charge in [0.05, 0.1) is 18.3 Å². The Balaban J connectivity index is 2.46. The molecule has 74 valence electrons. The second-order valence-electron chi connectivity index (χ2n) is 2.99. The second-order valence-corrected chi connectivity index (χ2v) is 2.99. The number of nitrogens with zero attached hydrogens (tertiary/aromatic N) is 1. The highest BCUT2D eigenvalue weighted by molar-refractivity contribution is 5.37. The maximum atomic E-state index is 11.8. The molecule has 1 rings (SSSR count). The van der Waals surface area contributed by atoms with Gasteiger partial charge in [0.25, 0.3) is 0 Å². The molecular weight excluding hydrogens is 179 g/mol. The van der Waals surface area contributed by atoms with Crippen molar-refractivity contribution in [3.63, 3.8) is 0 Å². The number of rotatable bonds is 5. The highest BCUT2D eigenvalue weighted by Crippen LogP contribution is 2.06. The van der Waals surface area contributed by atoms with Crippen molar-refractivity contribution < 1.29 is 4.39 Å². The van der Waals surface area contributed by atoms with E-state index >= 15 is 0 Å². The standard InChI is InChI=1S/C11H13FN2/c12-6-3-7-14-9-11-5-2-1-4-10(11)8-13/h1-2,4-5,14H,3,6-7,9H2.